The number of cyclic esters (lactones) is 2. The lowest BCUT2D eigenvalue weighted by molar-refractivity contribution is -0.150. The number of hydrogen-bond acceptors (Lipinski definition) is 6. The fourth-order valence-corrected chi connectivity index (χ4v) is 3.34. The predicted octanol–water partition coefficient (Wildman–Crippen LogP) is 4.38. The van der Waals surface area contributed by atoms with Crippen LogP contribution in [0.3, 0.4) is 0 Å². The van der Waals surface area contributed by atoms with E-state index >= 15 is 0 Å². The largest absolute Gasteiger partial charge is 0.488 e. The molecule has 0 N–H and O–H groups in total. The molecule has 158 valence electrons. The smallest absolute Gasteiger partial charge is 0.425 e. The summed E-state index contributed by atoms with van der Waals surface area (Å²) in [6.45, 7) is 0.124. The predicted molar refractivity (Wildman–Crippen MR) is 109 cm³/mol. The van der Waals surface area contributed by atoms with Gasteiger partial charge in [0.2, 0.25) is 0 Å². The summed E-state index contributed by atoms with van der Waals surface area (Å²) in [5.41, 5.74) is 1.11. The summed E-state index contributed by atoms with van der Waals surface area (Å²) in [6, 6.07) is 8.78. The summed E-state index contributed by atoms with van der Waals surface area (Å²) in [7, 11) is 0. The molecule has 0 atom stereocenters. The summed E-state index contributed by atoms with van der Waals surface area (Å²) < 4.78 is 31.6. The molecule has 7 nitrogen and oxygen atoms in total. The van der Waals surface area contributed by atoms with E-state index in [0.29, 0.717) is 15.6 Å². The molecule has 0 spiro atoms. The van der Waals surface area contributed by atoms with Crippen molar-refractivity contribution in [3.8, 4) is 5.75 Å². The highest BCUT2D eigenvalue weighted by molar-refractivity contribution is 6.35. The minimum Gasteiger partial charge on any atom is -0.488 e. The summed E-state index contributed by atoms with van der Waals surface area (Å²) in [5.74, 6) is -2.97. The van der Waals surface area contributed by atoms with Crippen LogP contribution in [0, 0.1) is 5.82 Å². The van der Waals surface area contributed by atoms with E-state index in [-0.39, 0.29) is 36.0 Å². The van der Waals surface area contributed by atoms with Gasteiger partial charge in [-0.25, -0.2) is 19.0 Å². The SMILES string of the molecule is O=C1OC(=C(Cn2ccnc2)c2cc(F)ccc2OCc2ccc(Cl)cc2Cl)OC1=O. The van der Waals surface area contributed by atoms with Crippen molar-refractivity contribution < 1.29 is 28.2 Å². The van der Waals surface area contributed by atoms with E-state index in [1.165, 1.54) is 24.5 Å². The molecule has 3 aromatic rings. The number of hydrogen-bond donors (Lipinski definition) is 0. The van der Waals surface area contributed by atoms with Gasteiger partial charge in [0, 0.05) is 33.6 Å². The minimum atomic E-state index is -1.16. The number of imidazole rings is 1. The molecular formula is C21H13Cl2FN2O5. The highest BCUT2D eigenvalue weighted by atomic mass is 35.5. The maximum Gasteiger partial charge on any atom is 0.425 e. The van der Waals surface area contributed by atoms with Crippen LogP contribution in [0.1, 0.15) is 11.1 Å². The zero-order valence-corrected chi connectivity index (χ0v) is 17.2. The van der Waals surface area contributed by atoms with Gasteiger partial charge in [0.25, 0.3) is 0 Å². The van der Waals surface area contributed by atoms with Crippen LogP contribution in [0.5, 0.6) is 5.75 Å². The second kappa shape index (κ2) is 8.79. The summed E-state index contributed by atoms with van der Waals surface area (Å²) in [5, 5.41) is 0.889. The monoisotopic (exact) mass is 462 g/mol. The second-order valence-corrected chi connectivity index (χ2v) is 7.29. The number of rotatable bonds is 6. The third kappa shape index (κ3) is 4.70. The Kier molecular flexibility index (Phi) is 5.92. The molecule has 1 fully saturated rings. The second-order valence-electron chi connectivity index (χ2n) is 6.44. The fourth-order valence-electron chi connectivity index (χ4n) is 2.88. The number of allylic oxidation sites excluding steroid dienone is 1. The van der Waals surface area contributed by atoms with Crippen molar-refractivity contribution in [2.45, 2.75) is 13.2 Å². The van der Waals surface area contributed by atoms with Crippen LogP contribution in [0.25, 0.3) is 5.57 Å². The Labute approximate surface area is 185 Å². The maximum absolute atomic E-state index is 14.1. The first kappa shape index (κ1) is 20.9. The molecular weight excluding hydrogens is 450 g/mol. The number of halogens is 3. The zero-order chi connectivity index (χ0) is 22.0. The number of aromatic nitrogens is 2. The third-order valence-electron chi connectivity index (χ3n) is 4.35. The normalized spacial score (nSPS) is 13.2. The number of carbonyl (C=O) groups is 2. The quantitative estimate of drug-likeness (QED) is 0.399. The van der Waals surface area contributed by atoms with Gasteiger partial charge < -0.3 is 18.8 Å². The number of esters is 2. The summed E-state index contributed by atoms with van der Waals surface area (Å²) in [4.78, 5) is 27.1. The highest BCUT2D eigenvalue weighted by Crippen LogP contribution is 2.34. The Morgan fingerprint density at radius 1 is 1.10 bits per heavy atom. The maximum atomic E-state index is 14.1. The minimum absolute atomic E-state index is 0.0574. The van der Waals surface area contributed by atoms with Gasteiger partial charge in [0.15, 0.2) is 0 Å². The Hall–Kier alpha value is -3.36. The molecule has 2 heterocycles. The summed E-state index contributed by atoms with van der Waals surface area (Å²) in [6.07, 6.45) is 4.69. The van der Waals surface area contributed by atoms with E-state index in [1.54, 1.807) is 35.2 Å². The number of ether oxygens (including phenoxy) is 3. The molecule has 0 unspecified atom stereocenters. The average Bonchev–Trinajstić information content (AvgIpc) is 3.36. The van der Waals surface area contributed by atoms with Crippen molar-refractivity contribution in [2.24, 2.45) is 0 Å². The first-order valence-electron chi connectivity index (χ1n) is 8.90. The summed E-state index contributed by atoms with van der Waals surface area (Å²) >= 11 is 12.1. The first-order valence-corrected chi connectivity index (χ1v) is 9.66. The van der Waals surface area contributed by atoms with Gasteiger partial charge in [-0.2, -0.15) is 0 Å². The van der Waals surface area contributed by atoms with Crippen LogP contribution < -0.4 is 4.74 Å². The lowest BCUT2D eigenvalue weighted by atomic mass is 10.0. The van der Waals surface area contributed by atoms with E-state index < -0.39 is 17.8 Å². The molecule has 0 amide bonds. The molecule has 31 heavy (non-hydrogen) atoms. The Balaban J connectivity index is 1.72. The third-order valence-corrected chi connectivity index (χ3v) is 4.94. The van der Waals surface area contributed by atoms with Gasteiger partial charge in [-0.15, -0.1) is 0 Å². The van der Waals surface area contributed by atoms with Gasteiger partial charge in [0.05, 0.1) is 18.4 Å². The highest BCUT2D eigenvalue weighted by Gasteiger charge is 2.34. The van der Waals surface area contributed by atoms with Gasteiger partial charge in [-0.3, -0.25) is 0 Å². The molecule has 0 aliphatic carbocycles. The van der Waals surface area contributed by atoms with Crippen LogP contribution in [0.2, 0.25) is 10.0 Å². The zero-order valence-electron chi connectivity index (χ0n) is 15.7. The lowest BCUT2D eigenvalue weighted by Crippen LogP contribution is -2.06. The molecule has 0 bridgehead atoms. The molecule has 1 aliphatic heterocycles. The average molecular weight is 463 g/mol. The van der Waals surface area contributed by atoms with Crippen molar-refractivity contribution in [1.82, 2.24) is 9.55 Å². The van der Waals surface area contributed by atoms with Crippen LogP contribution in [0.15, 0.2) is 61.1 Å². The van der Waals surface area contributed by atoms with E-state index in [4.69, 9.17) is 37.4 Å². The van der Waals surface area contributed by atoms with Crippen molar-refractivity contribution in [3.63, 3.8) is 0 Å². The Bertz CT molecular complexity index is 1180. The Morgan fingerprint density at radius 2 is 1.87 bits per heavy atom. The molecule has 10 heteroatoms. The van der Waals surface area contributed by atoms with Crippen LogP contribution in [0.4, 0.5) is 4.39 Å². The lowest BCUT2D eigenvalue weighted by Gasteiger charge is -2.16. The molecule has 4 rings (SSSR count). The van der Waals surface area contributed by atoms with E-state index in [2.05, 4.69) is 4.98 Å². The van der Waals surface area contributed by atoms with E-state index in [0.717, 1.165) is 0 Å². The molecule has 0 saturated carbocycles. The van der Waals surface area contributed by atoms with Crippen LogP contribution in [-0.4, -0.2) is 21.5 Å². The van der Waals surface area contributed by atoms with E-state index in [1.807, 2.05) is 0 Å². The van der Waals surface area contributed by atoms with Crippen LogP contribution >= 0.6 is 23.2 Å². The fraction of sp³-hybridized carbons (Fsp3) is 0.0952. The van der Waals surface area contributed by atoms with Crippen LogP contribution in [-0.2, 0) is 32.2 Å². The topological polar surface area (TPSA) is 79.7 Å². The molecule has 2 aromatic carbocycles. The molecule has 0 radical (unpaired) electrons. The number of benzene rings is 2. The molecule has 1 saturated heterocycles. The van der Waals surface area contributed by atoms with Gasteiger partial charge in [-0.05, 0) is 30.3 Å². The molecule has 1 aromatic heterocycles. The van der Waals surface area contributed by atoms with Crippen molar-refractivity contribution in [2.75, 3.05) is 0 Å². The number of nitrogens with zero attached hydrogens (tertiary/aromatic N) is 2. The van der Waals surface area contributed by atoms with Crippen molar-refractivity contribution in [1.29, 1.82) is 0 Å². The van der Waals surface area contributed by atoms with Gasteiger partial charge in [0.1, 0.15) is 18.2 Å². The van der Waals surface area contributed by atoms with Crippen molar-refractivity contribution in [3.05, 3.63) is 88.1 Å². The van der Waals surface area contributed by atoms with E-state index in [9.17, 15) is 14.0 Å². The van der Waals surface area contributed by atoms with Gasteiger partial charge in [-0.1, -0.05) is 29.3 Å². The standard InChI is InChI=1S/C21H13Cl2FN2O5/c22-13-2-1-12(17(23)7-13)10-29-18-4-3-14(24)8-15(18)16(9-26-6-5-25-11-26)21-30-19(27)20(28)31-21/h1-8,11H,9-10H2. The van der Waals surface area contributed by atoms with Gasteiger partial charge >= 0.3 is 17.9 Å². The molecule has 1 aliphatic rings. The Morgan fingerprint density at radius 3 is 2.55 bits per heavy atom. The van der Waals surface area contributed by atoms with Crippen molar-refractivity contribution >= 4 is 40.7 Å². The number of carbonyl (C=O) groups excluding carboxylic acids is 2. The first-order chi connectivity index (χ1) is 14.9.